The Bertz CT molecular complexity index is 649. The number of pyridine rings is 1. The molecule has 5 nitrogen and oxygen atoms in total. The van der Waals surface area contributed by atoms with E-state index in [1.807, 2.05) is 6.07 Å². The lowest BCUT2D eigenvalue weighted by Gasteiger charge is -2.10. The number of nitriles is 1. The second-order valence-corrected chi connectivity index (χ2v) is 6.18. The lowest BCUT2D eigenvalue weighted by atomic mass is 10.2. The third kappa shape index (κ3) is 2.54. The van der Waals surface area contributed by atoms with Gasteiger partial charge in [0, 0.05) is 18.2 Å². The minimum Gasteiger partial charge on any atom is -0.302 e. The zero-order chi connectivity index (χ0) is 14.1. The van der Waals surface area contributed by atoms with Crippen LogP contribution in [0.2, 0.25) is 0 Å². The highest BCUT2D eigenvalue weighted by molar-refractivity contribution is 7.99. The molecule has 0 bridgehead atoms. The Morgan fingerprint density at radius 2 is 2.15 bits per heavy atom. The molecule has 0 radical (unpaired) electrons. The van der Waals surface area contributed by atoms with Gasteiger partial charge in [-0.3, -0.25) is 0 Å². The van der Waals surface area contributed by atoms with Crippen LogP contribution in [0.15, 0.2) is 28.5 Å². The maximum absolute atomic E-state index is 8.78. The second-order valence-electron chi connectivity index (χ2n) is 5.20. The van der Waals surface area contributed by atoms with Crippen molar-refractivity contribution in [3.05, 3.63) is 29.7 Å². The van der Waals surface area contributed by atoms with Crippen molar-refractivity contribution in [3.63, 3.8) is 0 Å². The SMILES string of the molecule is CC(C)c1nnc(Sc2ccc(C#N)cn2)n1C1CC1. The quantitative estimate of drug-likeness (QED) is 0.863. The lowest BCUT2D eigenvalue weighted by molar-refractivity contribution is 0.599. The van der Waals surface area contributed by atoms with Gasteiger partial charge in [0.25, 0.3) is 0 Å². The highest BCUT2D eigenvalue weighted by Gasteiger charge is 2.30. The maximum atomic E-state index is 8.78. The molecule has 1 saturated carbocycles. The van der Waals surface area contributed by atoms with E-state index in [1.54, 1.807) is 12.3 Å². The minimum atomic E-state index is 0.367. The first-order valence-electron chi connectivity index (χ1n) is 6.68. The third-order valence-electron chi connectivity index (χ3n) is 3.18. The molecule has 0 saturated heterocycles. The number of rotatable bonds is 4. The average molecular weight is 285 g/mol. The van der Waals surface area contributed by atoms with Crippen molar-refractivity contribution in [3.8, 4) is 6.07 Å². The van der Waals surface area contributed by atoms with Crippen LogP contribution in [-0.2, 0) is 0 Å². The van der Waals surface area contributed by atoms with E-state index >= 15 is 0 Å². The summed E-state index contributed by atoms with van der Waals surface area (Å²) in [5.41, 5.74) is 0.570. The van der Waals surface area contributed by atoms with E-state index in [4.69, 9.17) is 5.26 Å². The van der Waals surface area contributed by atoms with Gasteiger partial charge < -0.3 is 4.57 Å². The van der Waals surface area contributed by atoms with Gasteiger partial charge in [0.05, 0.1) is 5.56 Å². The fraction of sp³-hybridized carbons (Fsp3) is 0.429. The molecule has 1 fully saturated rings. The molecule has 0 unspecified atom stereocenters. The molecule has 1 aliphatic rings. The van der Waals surface area contributed by atoms with Crippen molar-refractivity contribution < 1.29 is 0 Å². The molecule has 0 spiro atoms. The Labute approximate surface area is 122 Å². The van der Waals surface area contributed by atoms with E-state index < -0.39 is 0 Å². The summed E-state index contributed by atoms with van der Waals surface area (Å²) in [5.74, 6) is 1.41. The van der Waals surface area contributed by atoms with Crippen LogP contribution in [0.1, 0.15) is 50.0 Å². The van der Waals surface area contributed by atoms with Crippen molar-refractivity contribution in [1.82, 2.24) is 19.7 Å². The van der Waals surface area contributed by atoms with Gasteiger partial charge in [-0.05, 0) is 36.7 Å². The summed E-state index contributed by atoms with van der Waals surface area (Å²) < 4.78 is 2.25. The second kappa shape index (κ2) is 5.25. The number of nitrogens with zero attached hydrogens (tertiary/aromatic N) is 5. The van der Waals surface area contributed by atoms with Crippen LogP contribution in [-0.4, -0.2) is 19.7 Å². The highest BCUT2D eigenvalue weighted by atomic mass is 32.2. The molecular formula is C14H15N5S. The van der Waals surface area contributed by atoms with Crippen molar-refractivity contribution in [1.29, 1.82) is 5.26 Å². The van der Waals surface area contributed by atoms with E-state index in [1.165, 1.54) is 24.6 Å². The Hall–Kier alpha value is -1.87. The molecule has 6 heteroatoms. The Balaban J connectivity index is 1.88. The summed E-state index contributed by atoms with van der Waals surface area (Å²) in [7, 11) is 0. The van der Waals surface area contributed by atoms with Crippen LogP contribution in [0.4, 0.5) is 0 Å². The average Bonchev–Trinajstić information content (AvgIpc) is 3.20. The number of aromatic nitrogens is 4. The normalized spacial score (nSPS) is 14.5. The van der Waals surface area contributed by atoms with Crippen molar-refractivity contribution in [2.75, 3.05) is 0 Å². The molecule has 2 aromatic heterocycles. The topological polar surface area (TPSA) is 67.4 Å². The summed E-state index contributed by atoms with van der Waals surface area (Å²) in [6, 6.07) is 6.24. The van der Waals surface area contributed by atoms with E-state index in [0.29, 0.717) is 17.5 Å². The lowest BCUT2D eigenvalue weighted by Crippen LogP contribution is -2.04. The summed E-state index contributed by atoms with van der Waals surface area (Å²) in [6.45, 7) is 4.27. The van der Waals surface area contributed by atoms with Gasteiger partial charge in [0.2, 0.25) is 0 Å². The first kappa shape index (κ1) is 13.1. The van der Waals surface area contributed by atoms with Crippen LogP contribution in [0.5, 0.6) is 0 Å². The van der Waals surface area contributed by atoms with Gasteiger partial charge in [0.15, 0.2) is 5.16 Å². The van der Waals surface area contributed by atoms with Crippen LogP contribution in [0.25, 0.3) is 0 Å². The van der Waals surface area contributed by atoms with E-state index in [2.05, 4.69) is 39.7 Å². The van der Waals surface area contributed by atoms with Crippen LogP contribution < -0.4 is 0 Å². The molecule has 2 heterocycles. The standard InChI is InChI=1S/C14H15N5S/c1-9(2)13-17-18-14(19(13)11-4-5-11)20-12-6-3-10(7-15)8-16-12/h3,6,8-9,11H,4-5H2,1-2H3. The minimum absolute atomic E-state index is 0.367. The molecule has 2 aromatic rings. The van der Waals surface area contributed by atoms with Gasteiger partial charge in [0.1, 0.15) is 16.9 Å². The number of hydrogen-bond acceptors (Lipinski definition) is 5. The largest absolute Gasteiger partial charge is 0.302 e. The van der Waals surface area contributed by atoms with Crippen LogP contribution >= 0.6 is 11.8 Å². The first-order chi connectivity index (χ1) is 9.69. The smallest absolute Gasteiger partial charge is 0.197 e. The van der Waals surface area contributed by atoms with E-state index in [0.717, 1.165) is 16.0 Å². The maximum Gasteiger partial charge on any atom is 0.197 e. The van der Waals surface area contributed by atoms with Gasteiger partial charge in [-0.15, -0.1) is 10.2 Å². The van der Waals surface area contributed by atoms with E-state index in [-0.39, 0.29) is 0 Å². The molecular weight excluding hydrogens is 270 g/mol. The zero-order valence-electron chi connectivity index (χ0n) is 11.4. The Kier molecular flexibility index (Phi) is 3.45. The Morgan fingerprint density at radius 1 is 1.35 bits per heavy atom. The molecule has 0 aliphatic heterocycles. The molecule has 0 N–H and O–H groups in total. The molecule has 3 rings (SSSR count). The molecule has 0 aromatic carbocycles. The van der Waals surface area contributed by atoms with Gasteiger partial charge in [-0.2, -0.15) is 5.26 Å². The molecule has 0 atom stereocenters. The summed E-state index contributed by atoms with van der Waals surface area (Å²) in [5, 5.41) is 19.1. The zero-order valence-corrected chi connectivity index (χ0v) is 12.3. The molecule has 0 amide bonds. The number of hydrogen-bond donors (Lipinski definition) is 0. The van der Waals surface area contributed by atoms with Crippen LogP contribution in [0.3, 0.4) is 0 Å². The predicted molar refractivity (Wildman–Crippen MR) is 75.5 cm³/mol. The van der Waals surface area contributed by atoms with Gasteiger partial charge in [-0.25, -0.2) is 4.98 Å². The molecule has 20 heavy (non-hydrogen) atoms. The summed E-state index contributed by atoms with van der Waals surface area (Å²) in [6.07, 6.45) is 3.99. The van der Waals surface area contributed by atoms with Crippen molar-refractivity contribution in [2.45, 2.75) is 48.8 Å². The monoisotopic (exact) mass is 285 g/mol. The molecule has 102 valence electrons. The first-order valence-corrected chi connectivity index (χ1v) is 7.49. The Morgan fingerprint density at radius 3 is 2.70 bits per heavy atom. The predicted octanol–water partition coefficient (Wildman–Crippen LogP) is 3.15. The highest BCUT2D eigenvalue weighted by Crippen LogP contribution is 2.41. The fourth-order valence-corrected chi connectivity index (χ4v) is 2.88. The van der Waals surface area contributed by atoms with Gasteiger partial charge >= 0.3 is 0 Å². The summed E-state index contributed by atoms with van der Waals surface area (Å²) >= 11 is 1.51. The van der Waals surface area contributed by atoms with E-state index in [9.17, 15) is 0 Å². The summed E-state index contributed by atoms with van der Waals surface area (Å²) in [4.78, 5) is 4.28. The van der Waals surface area contributed by atoms with Gasteiger partial charge in [-0.1, -0.05) is 13.8 Å². The van der Waals surface area contributed by atoms with Crippen molar-refractivity contribution >= 4 is 11.8 Å². The van der Waals surface area contributed by atoms with Crippen LogP contribution in [0, 0.1) is 11.3 Å². The molecule has 1 aliphatic carbocycles. The third-order valence-corrected chi connectivity index (χ3v) is 4.09. The van der Waals surface area contributed by atoms with Crippen molar-refractivity contribution in [2.24, 2.45) is 0 Å². The fourth-order valence-electron chi connectivity index (χ4n) is 2.03.